The summed E-state index contributed by atoms with van der Waals surface area (Å²) in [5.74, 6) is -1.47. The summed E-state index contributed by atoms with van der Waals surface area (Å²) in [4.78, 5) is 67.9. The van der Waals surface area contributed by atoms with E-state index in [1.54, 1.807) is 37.3 Å². The van der Waals surface area contributed by atoms with Crippen LogP contribution in [0.1, 0.15) is 48.3 Å². The fourth-order valence-corrected chi connectivity index (χ4v) is 3.46. The maximum absolute atomic E-state index is 13.2. The summed E-state index contributed by atoms with van der Waals surface area (Å²) in [6.07, 6.45) is 0.0435. The van der Waals surface area contributed by atoms with E-state index >= 15 is 0 Å². The number of methoxy groups -OCH3 is 1. The molecule has 184 valence electrons. The van der Waals surface area contributed by atoms with Crippen LogP contribution in [0.2, 0.25) is 0 Å². The number of H-pyrrole nitrogens is 1. The molecule has 3 rings (SSSR count). The molecular formula is C24H27N5O6. The number of anilines is 1. The van der Waals surface area contributed by atoms with Crippen molar-refractivity contribution in [1.82, 2.24) is 19.9 Å². The second kappa shape index (κ2) is 10.8. The van der Waals surface area contributed by atoms with E-state index < -0.39 is 23.1 Å². The molecule has 11 nitrogen and oxygen atoms in total. The first-order valence-corrected chi connectivity index (χ1v) is 11.1. The number of nitrogens with zero attached hydrogens (tertiary/aromatic N) is 2. The maximum atomic E-state index is 13.2. The molecule has 11 heteroatoms. The quantitative estimate of drug-likeness (QED) is 0.410. The third-order valence-corrected chi connectivity index (χ3v) is 5.35. The van der Waals surface area contributed by atoms with Crippen molar-refractivity contribution in [1.29, 1.82) is 0 Å². The van der Waals surface area contributed by atoms with Gasteiger partial charge in [-0.15, -0.1) is 0 Å². The molecule has 0 fully saturated rings. The van der Waals surface area contributed by atoms with Crippen LogP contribution < -0.4 is 21.9 Å². The van der Waals surface area contributed by atoms with Crippen molar-refractivity contribution in [3.05, 3.63) is 68.0 Å². The predicted molar refractivity (Wildman–Crippen MR) is 130 cm³/mol. The molecule has 2 aromatic heterocycles. The van der Waals surface area contributed by atoms with E-state index in [2.05, 4.69) is 25.3 Å². The number of hydrogen-bond donors (Lipinski definition) is 3. The summed E-state index contributed by atoms with van der Waals surface area (Å²) in [6, 6.07) is 8.14. The zero-order valence-electron chi connectivity index (χ0n) is 19.9. The Hall–Kier alpha value is -4.28. The van der Waals surface area contributed by atoms with Crippen LogP contribution in [0.5, 0.6) is 0 Å². The number of aryl methyl sites for hydroxylation is 1. The van der Waals surface area contributed by atoms with E-state index in [-0.39, 0.29) is 47.9 Å². The van der Waals surface area contributed by atoms with E-state index in [0.29, 0.717) is 16.9 Å². The van der Waals surface area contributed by atoms with Crippen LogP contribution in [0, 0.1) is 0 Å². The van der Waals surface area contributed by atoms with Crippen LogP contribution in [0.4, 0.5) is 5.69 Å². The topological polar surface area (TPSA) is 152 Å². The highest BCUT2D eigenvalue weighted by atomic mass is 16.5. The molecule has 0 saturated heterocycles. The number of ether oxygens (including phenoxy) is 1. The Morgan fingerprint density at radius 3 is 2.43 bits per heavy atom. The number of benzene rings is 1. The SMILES string of the molecule is CCn1c(=O)[nH]c(=O)c2c(C(=O)Nc3ccc(CC(=O)NCC(=O)OC)cc3)cc(C(C)C)nc21. The molecule has 0 radical (unpaired) electrons. The molecule has 2 heterocycles. The molecule has 0 spiro atoms. The number of esters is 1. The number of aromatic nitrogens is 3. The summed E-state index contributed by atoms with van der Waals surface area (Å²) in [5, 5.41) is 5.24. The minimum atomic E-state index is -0.684. The lowest BCUT2D eigenvalue weighted by Gasteiger charge is -2.14. The summed E-state index contributed by atoms with van der Waals surface area (Å²) >= 11 is 0. The number of hydrogen-bond acceptors (Lipinski definition) is 7. The van der Waals surface area contributed by atoms with Crippen molar-refractivity contribution in [3.8, 4) is 0 Å². The normalized spacial score (nSPS) is 10.9. The number of nitrogens with one attached hydrogen (secondary N) is 3. The van der Waals surface area contributed by atoms with Crippen LogP contribution in [0.25, 0.3) is 11.0 Å². The van der Waals surface area contributed by atoms with Gasteiger partial charge in [-0.1, -0.05) is 26.0 Å². The number of amides is 2. The Balaban J connectivity index is 1.87. The van der Waals surface area contributed by atoms with Crippen molar-refractivity contribution in [2.75, 3.05) is 19.0 Å². The van der Waals surface area contributed by atoms with Crippen LogP contribution >= 0.6 is 0 Å². The highest BCUT2D eigenvalue weighted by Gasteiger charge is 2.20. The zero-order chi connectivity index (χ0) is 25.7. The zero-order valence-corrected chi connectivity index (χ0v) is 19.9. The minimum absolute atomic E-state index is 0.0345. The summed E-state index contributed by atoms with van der Waals surface area (Å²) in [6.45, 7) is 5.61. The lowest BCUT2D eigenvalue weighted by Crippen LogP contribution is -2.32. The Bertz CT molecular complexity index is 1390. The Morgan fingerprint density at radius 2 is 1.83 bits per heavy atom. The molecule has 0 aliphatic carbocycles. The highest BCUT2D eigenvalue weighted by molar-refractivity contribution is 6.11. The van der Waals surface area contributed by atoms with Crippen molar-refractivity contribution >= 4 is 34.5 Å². The second-order valence-corrected chi connectivity index (χ2v) is 8.13. The molecule has 0 bridgehead atoms. The average Bonchev–Trinajstić information content (AvgIpc) is 2.83. The fourth-order valence-electron chi connectivity index (χ4n) is 3.46. The standard InChI is InChI=1S/C24H27N5O6/c1-5-29-21-20(23(33)28-24(29)34)16(11-17(27-21)13(2)3)22(32)26-15-8-6-14(7-9-15)10-18(30)25-12-19(31)35-4/h6-9,11,13H,5,10,12H2,1-4H3,(H,25,30)(H,26,32)(H,28,33,34). The number of pyridine rings is 1. The largest absolute Gasteiger partial charge is 0.468 e. The van der Waals surface area contributed by atoms with Crippen LogP contribution in [0.15, 0.2) is 39.9 Å². The van der Waals surface area contributed by atoms with E-state index in [1.165, 1.54) is 11.7 Å². The van der Waals surface area contributed by atoms with Crippen LogP contribution in [0.3, 0.4) is 0 Å². The van der Waals surface area contributed by atoms with Crippen LogP contribution in [-0.4, -0.2) is 46.0 Å². The van der Waals surface area contributed by atoms with Crippen LogP contribution in [-0.2, 0) is 27.3 Å². The van der Waals surface area contributed by atoms with Crippen molar-refractivity contribution in [3.63, 3.8) is 0 Å². The molecule has 3 N–H and O–H groups in total. The summed E-state index contributed by atoms with van der Waals surface area (Å²) < 4.78 is 5.80. The van der Waals surface area contributed by atoms with Gasteiger partial charge >= 0.3 is 11.7 Å². The molecular weight excluding hydrogens is 454 g/mol. The van der Waals surface area contributed by atoms with Gasteiger partial charge in [-0.3, -0.25) is 28.7 Å². The van der Waals surface area contributed by atoms with Gasteiger partial charge in [0.15, 0.2) is 5.65 Å². The Morgan fingerprint density at radius 1 is 1.14 bits per heavy atom. The third-order valence-electron chi connectivity index (χ3n) is 5.35. The Labute approximate surface area is 200 Å². The van der Waals surface area contributed by atoms with Gasteiger partial charge < -0.3 is 15.4 Å². The molecule has 0 saturated carbocycles. The van der Waals surface area contributed by atoms with Gasteiger partial charge in [0.2, 0.25) is 5.91 Å². The number of carbonyl (C=O) groups excluding carboxylic acids is 3. The lowest BCUT2D eigenvalue weighted by molar-refractivity contribution is -0.141. The first-order chi connectivity index (χ1) is 16.6. The van der Waals surface area contributed by atoms with Crippen molar-refractivity contribution < 1.29 is 19.1 Å². The van der Waals surface area contributed by atoms with E-state index in [0.717, 1.165) is 0 Å². The van der Waals surface area contributed by atoms with Gasteiger partial charge in [0, 0.05) is 17.9 Å². The minimum Gasteiger partial charge on any atom is -0.468 e. The summed E-state index contributed by atoms with van der Waals surface area (Å²) in [5.41, 5.74) is 0.685. The van der Waals surface area contributed by atoms with Gasteiger partial charge in [-0.25, -0.2) is 9.78 Å². The molecule has 2 amide bonds. The number of rotatable bonds is 8. The molecule has 0 aliphatic rings. The smallest absolute Gasteiger partial charge is 0.329 e. The third kappa shape index (κ3) is 5.81. The lowest BCUT2D eigenvalue weighted by atomic mass is 10.0. The van der Waals surface area contributed by atoms with E-state index in [4.69, 9.17) is 0 Å². The first-order valence-electron chi connectivity index (χ1n) is 11.1. The molecule has 35 heavy (non-hydrogen) atoms. The van der Waals surface area contributed by atoms with Gasteiger partial charge in [-0.2, -0.15) is 0 Å². The molecule has 3 aromatic rings. The number of aromatic amines is 1. The van der Waals surface area contributed by atoms with Gasteiger partial charge in [0.1, 0.15) is 6.54 Å². The van der Waals surface area contributed by atoms with E-state index in [9.17, 15) is 24.0 Å². The monoisotopic (exact) mass is 481 g/mol. The number of fused-ring (bicyclic) bond motifs is 1. The predicted octanol–water partition coefficient (Wildman–Crippen LogP) is 1.31. The van der Waals surface area contributed by atoms with E-state index in [1.807, 2.05) is 13.8 Å². The summed E-state index contributed by atoms with van der Waals surface area (Å²) in [7, 11) is 1.23. The second-order valence-electron chi connectivity index (χ2n) is 8.13. The maximum Gasteiger partial charge on any atom is 0.329 e. The first kappa shape index (κ1) is 25.3. The van der Waals surface area contributed by atoms with Gasteiger partial charge in [0.05, 0.1) is 24.5 Å². The van der Waals surface area contributed by atoms with Crippen molar-refractivity contribution in [2.24, 2.45) is 0 Å². The molecule has 0 unspecified atom stereocenters. The van der Waals surface area contributed by atoms with Gasteiger partial charge in [-0.05, 0) is 36.6 Å². The average molecular weight is 482 g/mol. The molecule has 0 atom stereocenters. The Kier molecular flexibility index (Phi) is 7.80. The highest BCUT2D eigenvalue weighted by Crippen LogP contribution is 2.21. The van der Waals surface area contributed by atoms with Gasteiger partial charge in [0.25, 0.3) is 11.5 Å². The number of carbonyl (C=O) groups is 3. The van der Waals surface area contributed by atoms with Crippen molar-refractivity contribution in [2.45, 2.75) is 39.7 Å². The fraction of sp³-hybridized carbons (Fsp3) is 0.333. The molecule has 0 aliphatic heterocycles. The molecule has 1 aromatic carbocycles.